The highest BCUT2D eigenvalue weighted by Gasteiger charge is 2.21. The van der Waals surface area contributed by atoms with E-state index < -0.39 is 0 Å². The molecule has 96 valence electrons. The molecule has 0 unspecified atom stereocenters. The average Bonchev–Trinajstić information content (AvgIpc) is 3.16. The van der Waals surface area contributed by atoms with Gasteiger partial charge in [-0.15, -0.1) is 11.3 Å². The molecule has 3 heteroatoms. The van der Waals surface area contributed by atoms with E-state index >= 15 is 0 Å². The Morgan fingerprint density at radius 3 is 2.89 bits per heavy atom. The smallest absolute Gasteiger partial charge is 0.120 e. The monoisotopic (exact) mass is 261 g/mol. The molecular weight excluding hydrogens is 242 g/mol. The fraction of sp³-hybridized carbons (Fsp3) is 0.467. The van der Waals surface area contributed by atoms with Crippen molar-refractivity contribution >= 4 is 21.4 Å². The molecule has 1 N–H and O–H groups in total. The second-order valence-corrected chi connectivity index (χ2v) is 6.01. The number of ether oxygens (including phenoxy) is 1. The molecule has 0 bridgehead atoms. The van der Waals surface area contributed by atoms with E-state index in [0.29, 0.717) is 0 Å². The zero-order valence-electron chi connectivity index (χ0n) is 11.0. The molecule has 0 atom stereocenters. The van der Waals surface area contributed by atoms with Gasteiger partial charge in [0.15, 0.2) is 0 Å². The normalized spacial score (nSPS) is 15.2. The molecule has 2 nitrogen and oxygen atoms in total. The van der Waals surface area contributed by atoms with Gasteiger partial charge in [0.1, 0.15) is 5.75 Å². The predicted molar refractivity (Wildman–Crippen MR) is 77.6 cm³/mol. The van der Waals surface area contributed by atoms with Crippen LogP contribution in [0, 0.1) is 0 Å². The van der Waals surface area contributed by atoms with Gasteiger partial charge in [-0.2, -0.15) is 0 Å². The first-order valence-electron chi connectivity index (χ1n) is 6.63. The summed E-state index contributed by atoms with van der Waals surface area (Å²) >= 11 is 1.91. The minimum absolute atomic E-state index is 0.773. The first kappa shape index (κ1) is 12.0. The molecule has 0 radical (unpaired) electrons. The number of hydrogen-bond acceptors (Lipinski definition) is 3. The average molecular weight is 261 g/mol. The molecule has 3 rings (SSSR count). The molecular formula is C15H19NOS. The lowest BCUT2D eigenvalue weighted by atomic mass is 10.1. The van der Waals surface area contributed by atoms with Gasteiger partial charge in [0.05, 0.1) is 7.11 Å². The zero-order chi connectivity index (χ0) is 12.5. The predicted octanol–water partition coefficient (Wildman–Crippen LogP) is 3.72. The summed E-state index contributed by atoms with van der Waals surface area (Å²) in [5.41, 5.74) is 1.51. The summed E-state index contributed by atoms with van der Waals surface area (Å²) in [6.45, 7) is 3.27. The molecule has 2 aromatic rings. The number of methoxy groups -OCH3 is 1. The summed E-state index contributed by atoms with van der Waals surface area (Å²) in [7, 11) is 1.73. The largest absolute Gasteiger partial charge is 0.497 e. The molecule has 18 heavy (non-hydrogen) atoms. The topological polar surface area (TPSA) is 21.3 Å². The Bertz CT molecular complexity index is 557. The van der Waals surface area contributed by atoms with Crippen LogP contribution in [0.25, 0.3) is 10.1 Å². The Hall–Kier alpha value is -1.06. The van der Waals surface area contributed by atoms with Crippen molar-refractivity contribution < 1.29 is 4.74 Å². The van der Waals surface area contributed by atoms with Crippen molar-refractivity contribution in [1.29, 1.82) is 0 Å². The summed E-state index contributed by atoms with van der Waals surface area (Å²) in [5, 5.41) is 5.02. The Morgan fingerprint density at radius 2 is 2.22 bits per heavy atom. The SMILES string of the molecule is CCc1c(CNC2CC2)sc2cc(OC)ccc12. The van der Waals surface area contributed by atoms with Crippen LogP contribution in [0.5, 0.6) is 5.75 Å². The Labute approximate surface area is 112 Å². The number of aryl methyl sites for hydroxylation is 1. The van der Waals surface area contributed by atoms with Gasteiger partial charge in [0.2, 0.25) is 0 Å². The molecule has 1 aliphatic rings. The van der Waals surface area contributed by atoms with E-state index in [9.17, 15) is 0 Å². The van der Waals surface area contributed by atoms with Gasteiger partial charge < -0.3 is 10.1 Å². The van der Waals surface area contributed by atoms with E-state index in [1.54, 1.807) is 7.11 Å². The highest BCUT2D eigenvalue weighted by atomic mass is 32.1. The fourth-order valence-corrected chi connectivity index (χ4v) is 3.64. The molecule has 0 saturated heterocycles. The van der Waals surface area contributed by atoms with Crippen LogP contribution >= 0.6 is 11.3 Å². The zero-order valence-corrected chi connectivity index (χ0v) is 11.8. The molecule has 1 saturated carbocycles. The van der Waals surface area contributed by atoms with Crippen molar-refractivity contribution in [1.82, 2.24) is 5.32 Å². The van der Waals surface area contributed by atoms with E-state index in [4.69, 9.17) is 4.74 Å². The first-order chi connectivity index (χ1) is 8.81. The number of nitrogens with one attached hydrogen (secondary N) is 1. The number of hydrogen-bond donors (Lipinski definition) is 1. The van der Waals surface area contributed by atoms with Gasteiger partial charge in [0, 0.05) is 22.2 Å². The van der Waals surface area contributed by atoms with Gasteiger partial charge in [-0.1, -0.05) is 6.92 Å². The summed E-state index contributed by atoms with van der Waals surface area (Å²) < 4.78 is 6.65. The second kappa shape index (κ2) is 4.90. The lowest BCUT2D eigenvalue weighted by Gasteiger charge is -2.03. The van der Waals surface area contributed by atoms with Crippen LogP contribution in [0.15, 0.2) is 18.2 Å². The summed E-state index contributed by atoms with van der Waals surface area (Å²) in [6, 6.07) is 7.19. The third-order valence-electron chi connectivity index (χ3n) is 3.57. The Balaban J connectivity index is 1.95. The molecule has 1 aromatic heterocycles. The first-order valence-corrected chi connectivity index (χ1v) is 7.45. The highest BCUT2D eigenvalue weighted by molar-refractivity contribution is 7.19. The highest BCUT2D eigenvalue weighted by Crippen LogP contribution is 2.34. The van der Waals surface area contributed by atoms with E-state index in [-0.39, 0.29) is 0 Å². The van der Waals surface area contributed by atoms with Crippen molar-refractivity contribution in [2.24, 2.45) is 0 Å². The summed E-state index contributed by atoms with van der Waals surface area (Å²) in [4.78, 5) is 1.49. The van der Waals surface area contributed by atoms with Crippen molar-refractivity contribution in [2.45, 2.75) is 38.8 Å². The van der Waals surface area contributed by atoms with Crippen LogP contribution in [-0.4, -0.2) is 13.2 Å². The summed E-state index contributed by atoms with van der Waals surface area (Å²) in [5.74, 6) is 0.952. The van der Waals surface area contributed by atoms with Gasteiger partial charge in [-0.05, 0) is 48.4 Å². The Morgan fingerprint density at radius 1 is 1.39 bits per heavy atom. The molecule has 1 heterocycles. The molecule has 1 fully saturated rings. The van der Waals surface area contributed by atoms with E-state index in [1.807, 2.05) is 11.3 Å². The second-order valence-electron chi connectivity index (χ2n) is 4.87. The Kier molecular flexibility index (Phi) is 3.27. The number of thiophene rings is 1. The molecule has 1 aliphatic carbocycles. The third kappa shape index (κ3) is 2.25. The fourth-order valence-electron chi connectivity index (χ4n) is 2.36. The van der Waals surface area contributed by atoms with Crippen LogP contribution in [0.1, 0.15) is 30.2 Å². The maximum absolute atomic E-state index is 5.30. The van der Waals surface area contributed by atoms with E-state index in [1.165, 1.54) is 33.4 Å². The van der Waals surface area contributed by atoms with Crippen LogP contribution in [0.3, 0.4) is 0 Å². The standard InChI is InChI=1S/C15H19NOS/c1-3-12-13-7-6-11(17-2)8-14(13)18-15(12)9-16-10-4-5-10/h6-8,10,16H,3-5,9H2,1-2H3. The third-order valence-corrected chi connectivity index (χ3v) is 4.76. The van der Waals surface area contributed by atoms with Crippen LogP contribution < -0.4 is 10.1 Å². The lowest BCUT2D eigenvalue weighted by Crippen LogP contribution is -2.15. The molecule has 0 amide bonds. The maximum atomic E-state index is 5.30. The lowest BCUT2D eigenvalue weighted by molar-refractivity contribution is 0.415. The molecule has 1 aromatic carbocycles. The van der Waals surface area contributed by atoms with E-state index in [2.05, 4.69) is 30.4 Å². The minimum Gasteiger partial charge on any atom is -0.497 e. The van der Waals surface area contributed by atoms with Crippen LogP contribution in [-0.2, 0) is 13.0 Å². The number of benzene rings is 1. The van der Waals surface area contributed by atoms with Gasteiger partial charge in [-0.25, -0.2) is 0 Å². The van der Waals surface area contributed by atoms with Gasteiger partial charge >= 0.3 is 0 Å². The minimum atomic E-state index is 0.773. The molecule has 0 spiro atoms. The van der Waals surface area contributed by atoms with Crippen molar-refractivity contribution in [3.8, 4) is 5.75 Å². The number of rotatable bonds is 5. The van der Waals surface area contributed by atoms with Gasteiger partial charge in [-0.3, -0.25) is 0 Å². The van der Waals surface area contributed by atoms with Crippen molar-refractivity contribution in [2.75, 3.05) is 7.11 Å². The maximum Gasteiger partial charge on any atom is 0.120 e. The van der Waals surface area contributed by atoms with Gasteiger partial charge in [0.25, 0.3) is 0 Å². The quantitative estimate of drug-likeness (QED) is 0.885. The van der Waals surface area contributed by atoms with Crippen LogP contribution in [0.4, 0.5) is 0 Å². The molecule has 0 aliphatic heterocycles. The van der Waals surface area contributed by atoms with Crippen molar-refractivity contribution in [3.05, 3.63) is 28.6 Å². The summed E-state index contributed by atoms with van der Waals surface area (Å²) in [6.07, 6.45) is 3.80. The van der Waals surface area contributed by atoms with E-state index in [0.717, 1.165) is 24.8 Å². The van der Waals surface area contributed by atoms with Crippen molar-refractivity contribution in [3.63, 3.8) is 0 Å². The number of fused-ring (bicyclic) bond motifs is 1. The van der Waals surface area contributed by atoms with Crippen LogP contribution in [0.2, 0.25) is 0 Å².